The molecule has 1 aliphatic carbocycles. The molecule has 134 valence electrons. The van der Waals surface area contributed by atoms with Crippen LogP contribution in [0, 0.1) is 11.3 Å². The van der Waals surface area contributed by atoms with Gasteiger partial charge < -0.3 is 15.4 Å². The zero-order valence-electron chi connectivity index (χ0n) is 13.9. The monoisotopic (exact) mass is 363 g/mol. The summed E-state index contributed by atoms with van der Waals surface area (Å²) >= 11 is 1.41. The molecule has 0 unspecified atom stereocenters. The number of hydrogen-bond acceptors (Lipinski definition) is 6. The molecule has 1 fully saturated rings. The second kappa shape index (κ2) is 9.18. The summed E-state index contributed by atoms with van der Waals surface area (Å²) < 4.78 is 4.90. The Kier molecular flexibility index (Phi) is 6.95. The Morgan fingerprint density at radius 3 is 2.68 bits per heavy atom. The van der Waals surface area contributed by atoms with E-state index >= 15 is 0 Å². The summed E-state index contributed by atoms with van der Waals surface area (Å²) in [6.45, 7) is -0.280. The highest BCUT2D eigenvalue weighted by atomic mass is 32.1. The van der Waals surface area contributed by atoms with Gasteiger partial charge >= 0.3 is 5.97 Å². The van der Waals surface area contributed by atoms with Gasteiger partial charge in [-0.3, -0.25) is 14.4 Å². The Bertz CT molecular complexity index is 645. The molecule has 1 saturated carbocycles. The molecule has 25 heavy (non-hydrogen) atoms. The van der Waals surface area contributed by atoms with Crippen LogP contribution in [0.2, 0.25) is 0 Å². The zero-order chi connectivity index (χ0) is 18.1. The maximum atomic E-state index is 11.9. The van der Waals surface area contributed by atoms with Crippen LogP contribution in [0.4, 0.5) is 0 Å². The number of nitrogens with zero attached hydrogens (tertiary/aromatic N) is 1. The lowest BCUT2D eigenvalue weighted by Gasteiger charge is -2.31. The number of carbonyl (C=O) groups is 3. The largest absolute Gasteiger partial charge is 0.456 e. The van der Waals surface area contributed by atoms with Gasteiger partial charge in [-0.05, 0) is 24.3 Å². The number of amides is 2. The normalized spacial score (nSPS) is 15.6. The summed E-state index contributed by atoms with van der Waals surface area (Å²) in [7, 11) is 0. The highest BCUT2D eigenvalue weighted by molar-refractivity contribution is 7.08. The first-order valence-electron chi connectivity index (χ1n) is 8.23. The molecule has 2 amide bonds. The Morgan fingerprint density at radius 1 is 1.28 bits per heavy atom. The highest BCUT2D eigenvalue weighted by Crippen LogP contribution is 2.27. The third-order valence-electron chi connectivity index (χ3n) is 4.06. The van der Waals surface area contributed by atoms with E-state index in [4.69, 9.17) is 4.74 Å². The Morgan fingerprint density at radius 2 is 2.04 bits per heavy atom. The van der Waals surface area contributed by atoms with E-state index in [0.717, 1.165) is 19.3 Å². The number of rotatable bonds is 7. The molecule has 1 aromatic heterocycles. The molecule has 1 aliphatic rings. The van der Waals surface area contributed by atoms with Crippen LogP contribution >= 0.6 is 11.3 Å². The number of esters is 1. The van der Waals surface area contributed by atoms with Crippen molar-refractivity contribution in [3.63, 3.8) is 0 Å². The van der Waals surface area contributed by atoms with E-state index in [2.05, 4.69) is 16.7 Å². The molecule has 1 heterocycles. The number of nitrogens with one attached hydrogen (secondary N) is 2. The zero-order valence-corrected chi connectivity index (χ0v) is 14.7. The van der Waals surface area contributed by atoms with Crippen molar-refractivity contribution in [2.75, 3.05) is 13.2 Å². The van der Waals surface area contributed by atoms with Crippen molar-refractivity contribution < 1.29 is 19.1 Å². The fraction of sp³-hybridized carbons (Fsp3) is 0.529. The molecule has 0 saturated heterocycles. The quantitative estimate of drug-likeness (QED) is 0.718. The van der Waals surface area contributed by atoms with Crippen molar-refractivity contribution in [1.82, 2.24) is 10.6 Å². The Balaban J connectivity index is 1.65. The predicted molar refractivity (Wildman–Crippen MR) is 91.8 cm³/mol. The number of carbonyl (C=O) groups excluding carboxylic acids is 3. The number of thiophene rings is 1. The SMILES string of the molecule is N#CC1(NC(=O)COC(=O)CCNC(=O)c2ccsc2)CCCCC1. The molecule has 2 rings (SSSR count). The summed E-state index contributed by atoms with van der Waals surface area (Å²) in [5.74, 6) is -1.30. The summed E-state index contributed by atoms with van der Waals surface area (Å²) in [5.41, 5.74) is -0.289. The molecule has 0 spiro atoms. The van der Waals surface area contributed by atoms with Crippen LogP contribution < -0.4 is 10.6 Å². The van der Waals surface area contributed by atoms with Crippen LogP contribution in [-0.4, -0.2) is 36.5 Å². The van der Waals surface area contributed by atoms with Gasteiger partial charge in [0.05, 0.1) is 12.5 Å². The fourth-order valence-corrected chi connectivity index (χ4v) is 3.35. The molecule has 8 heteroatoms. The van der Waals surface area contributed by atoms with E-state index in [1.165, 1.54) is 11.3 Å². The van der Waals surface area contributed by atoms with E-state index in [0.29, 0.717) is 18.4 Å². The summed E-state index contributed by atoms with van der Waals surface area (Å²) in [5, 5.41) is 18.1. The van der Waals surface area contributed by atoms with Crippen molar-refractivity contribution >= 4 is 29.1 Å². The lowest BCUT2D eigenvalue weighted by Crippen LogP contribution is -2.50. The molecular formula is C17H21N3O4S. The second-order valence-corrected chi connectivity index (χ2v) is 6.76. The molecule has 0 radical (unpaired) electrons. The minimum absolute atomic E-state index is 0.0213. The van der Waals surface area contributed by atoms with E-state index < -0.39 is 24.0 Å². The molecular weight excluding hydrogens is 342 g/mol. The van der Waals surface area contributed by atoms with E-state index in [9.17, 15) is 19.6 Å². The van der Waals surface area contributed by atoms with Gasteiger partial charge in [0.25, 0.3) is 11.8 Å². The minimum atomic E-state index is -0.837. The third kappa shape index (κ3) is 5.87. The van der Waals surface area contributed by atoms with Gasteiger partial charge in [-0.2, -0.15) is 16.6 Å². The van der Waals surface area contributed by atoms with Crippen LogP contribution in [0.15, 0.2) is 16.8 Å². The average molecular weight is 363 g/mol. The average Bonchev–Trinajstić information content (AvgIpc) is 3.15. The van der Waals surface area contributed by atoms with Gasteiger partial charge in [-0.1, -0.05) is 19.3 Å². The number of nitriles is 1. The van der Waals surface area contributed by atoms with Crippen LogP contribution in [0.3, 0.4) is 0 Å². The van der Waals surface area contributed by atoms with Crippen LogP contribution in [0.1, 0.15) is 48.9 Å². The van der Waals surface area contributed by atoms with Gasteiger partial charge in [0.2, 0.25) is 0 Å². The lowest BCUT2D eigenvalue weighted by molar-refractivity contribution is -0.148. The number of hydrogen-bond donors (Lipinski definition) is 2. The summed E-state index contributed by atoms with van der Waals surface area (Å²) in [6, 6.07) is 3.87. The number of ether oxygens (including phenoxy) is 1. The van der Waals surface area contributed by atoms with Crippen molar-refractivity contribution in [3.8, 4) is 6.07 Å². The summed E-state index contributed by atoms with van der Waals surface area (Å²) in [4.78, 5) is 35.2. The van der Waals surface area contributed by atoms with Crippen molar-refractivity contribution in [2.24, 2.45) is 0 Å². The van der Waals surface area contributed by atoms with Crippen molar-refractivity contribution in [3.05, 3.63) is 22.4 Å². The first-order valence-corrected chi connectivity index (χ1v) is 9.17. The Labute approximate surface area is 150 Å². The first-order chi connectivity index (χ1) is 12.0. The fourth-order valence-electron chi connectivity index (χ4n) is 2.72. The van der Waals surface area contributed by atoms with Crippen molar-refractivity contribution in [1.29, 1.82) is 5.26 Å². The van der Waals surface area contributed by atoms with Gasteiger partial charge in [0.15, 0.2) is 6.61 Å². The van der Waals surface area contributed by atoms with Crippen molar-refractivity contribution in [2.45, 2.75) is 44.1 Å². The molecule has 0 atom stereocenters. The minimum Gasteiger partial charge on any atom is -0.456 e. The van der Waals surface area contributed by atoms with Gasteiger partial charge in [-0.25, -0.2) is 0 Å². The summed E-state index contributed by atoms with van der Waals surface area (Å²) in [6.07, 6.45) is 4.09. The molecule has 0 aromatic carbocycles. The van der Waals surface area contributed by atoms with Gasteiger partial charge in [0.1, 0.15) is 5.54 Å². The van der Waals surface area contributed by atoms with Crippen LogP contribution in [0.5, 0.6) is 0 Å². The standard InChI is InChI=1S/C17H21N3O4S/c18-12-17(6-2-1-3-7-17)20-14(21)10-24-15(22)4-8-19-16(23)13-5-9-25-11-13/h5,9,11H,1-4,6-8,10H2,(H,19,23)(H,20,21). The Hall–Kier alpha value is -2.40. The topological polar surface area (TPSA) is 108 Å². The molecule has 7 nitrogen and oxygen atoms in total. The second-order valence-electron chi connectivity index (χ2n) is 5.98. The van der Waals surface area contributed by atoms with Gasteiger partial charge in [0, 0.05) is 17.5 Å². The molecule has 2 N–H and O–H groups in total. The van der Waals surface area contributed by atoms with E-state index in [1.54, 1.807) is 16.8 Å². The van der Waals surface area contributed by atoms with Crippen LogP contribution in [-0.2, 0) is 14.3 Å². The maximum absolute atomic E-state index is 11.9. The molecule has 0 aliphatic heterocycles. The highest BCUT2D eigenvalue weighted by Gasteiger charge is 2.33. The molecule has 0 bridgehead atoms. The smallest absolute Gasteiger partial charge is 0.308 e. The van der Waals surface area contributed by atoms with Crippen LogP contribution in [0.25, 0.3) is 0 Å². The molecule has 1 aromatic rings. The van der Waals surface area contributed by atoms with Gasteiger partial charge in [-0.15, -0.1) is 0 Å². The predicted octanol–water partition coefficient (Wildman–Crippen LogP) is 1.75. The maximum Gasteiger partial charge on any atom is 0.308 e. The van der Waals surface area contributed by atoms with E-state index in [1.807, 2.05) is 0 Å². The third-order valence-corrected chi connectivity index (χ3v) is 4.75. The van der Waals surface area contributed by atoms with E-state index in [-0.39, 0.29) is 18.9 Å². The first kappa shape index (κ1) is 18.9. The lowest BCUT2D eigenvalue weighted by atomic mass is 9.83.